The Kier molecular flexibility index (Phi) is 7.21. The molecule has 0 saturated carbocycles. The van der Waals surface area contributed by atoms with Crippen molar-refractivity contribution in [1.29, 1.82) is 0 Å². The van der Waals surface area contributed by atoms with Crippen molar-refractivity contribution in [3.05, 3.63) is 23.9 Å². The zero-order valence-corrected chi connectivity index (χ0v) is 12.8. The van der Waals surface area contributed by atoms with Gasteiger partial charge in [0.15, 0.2) is 0 Å². The van der Waals surface area contributed by atoms with Crippen LogP contribution in [0.5, 0.6) is 0 Å². The molecule has 0 aliphatic heterocycles. The van der Waals surface area contributed by atoms with E-state index < -0.39 is 5.97 Å². The highest BCUT2D eigenvalue weighted by Crippen LogP contribution is 2.12. The SMILES string of the molecule is CCCN(CC(=O)OCC)c1ccc(C(=O)OCC)cn1. The Morgan fingerprint density at radius 1 is 1.14 bits per heavy atom. The van der Waals surface area contributed by atoms with E-state index in [4.69, 9.17) is 9.47 Å². The third-order valence-corrected chi connectivity index (χ3v) is 2.70. The smallest absolute Gasteiger partial charge is 0.339 e. The molecule has 0 radical (unpaired) electrons. The van der Waals surface area contributed by atoms with Gasteiger partial charge in [-0.15, -0.1) is 0 Å². The number of rotatable bonds is 8. The second kappa shape index (κ2) is 8.94. The van der Waals surface area contributed by atoms with Gasteiger partial charge in [-0.2, -0.15) is 0 Å². The number of anilines is 1. The minimum absolute atomic E-state index is 0.146. The van der Waals surface area contributed by atoms with Crippen LogP contribution in [0.15, 0.2) is 18.3 Å². The van der Waals surface area contributed by atoms with Crippen molar-refractivity contribution < 1.29 is 19.1 Å². The number of pyridine rings is 1. The molecule has 0 saturated heterocycles. The third-order valence-electron chi connectivity index (χ3n) is 2.70. The van der Waals surface area contributed by atoms with E-state index in [1.807, 2.05) is 11.8 Å². The fraction of sp³-hybridized carbons (Fsp3) is 0.533. The zero-order valence-electron chi connectivity index (χ0n) is 12.8. The summed E-state index contributed by atoms with van der Waals surface area (Å²) in [7, 11) is 0. The molecule has 0 aliphatic rings. The molecule has 0 atom stereocenters. The number of aromatic nitrogens is 1. The number of hydrogen-bond acceptors (Lipinski definition) is 6. The fourth-order valence-electron chi connectivity index (χ4n) is 1.82. The van der Waals surface area contributed by atoms with Gasteiger partial charge in [0.1, 0.15) is 12.4 Å². The van der Waals surface area contributed by atoms with Crippen LogP contribution < -0.4 is 4.90 Å². The molecule has 6 heteroatoms. The summed E-state index contributed by atoms with van der Waals surface area (Å²) in [5, 5.41) is 0. The third kappa shape index (κ3) is 5.41. The summed E-state index contributed by atoms with van der Waals surface area (Å²) in [5.41, 5.74) is 0.396. The molecule has 0 N–H and O–H groups in total. The highest BCUT2D eigenvalue weighted by molar-refractivity contribution is 5.89. The molecule has 0 unspecified atom stereocenters. The number of hydrogen-bond donors (Lipinski definition) is 0. The quantitative estimate of drug-likeness (QED) is 0.683. The zero-order chi connectivity index (χ0) is 15.7. The number of carbonyl (C=O) groups excluding carboxylic acids is 2. The van der Waals surface area contributed by atoms with Crippen LogP contribution in [0.2, 0.25) is 0 Å². The van der Waals surface area contributed by atoms with Crippen molar-refractivity contribution in [2.45, 2.75) is 27.2 Å². The molecule has 21 heavy (non-hydrogen) atoms. The molecule has 1 rings (SSSR count). The van der Waals surface area contributed by atoms with Gasteiger partial charge >= 0.3 is 11.9 Å². The highest BCUT2D eigenvalue weighted by Gasteiger charge is 2.14. The number of ether oxygens (including phenoxy) is 2. The summed E-state index contributed by atoms with van der Waals surface area (Å²) < 4.78 is 9.86. The van der Waals surface area contributed by atoms with Crippen LogP contribution in [0.1, 0.15) is 37.6 Å². The van der Waals surface area contributed by atoms with E-state index >= 15 is 0 Å². The van der Waals surface area contributed by atoms with Gasteiger partial charge in [0.2, 0.25) is 0 Å². The molecule has 0 aliphatic carbocycles. The Morgan fingerprint density at radius 3 is 2.38 bits per heavy atom. The minimum Gasteiger partial charge on any atom is -0.465 e. The molecule has 0 fully saturated rings. The van der Waals surface area contributed by atoms with Crippen molar-refractivity contribution in [3.63, 3.8) is 0 Å². The summed E-state index contributed by atoms with van der Waals surface area (Å²) in [6.07, 6.45) is 2.34. The van der Waals surface area contributed by atoms with Crippen molar-refractivity contribution in [1.82, 2.24) is 4.98 Å². The Balaban J connectivity index is 2.79. The first-order valence-electron chi connectivity index (χ1n) is 7.16. The van der Waals surface area contributed by atoms with Crippen LogP contribution in [0, 0.1) is 0 Å². The summed E-state index contributed by atoms with van der Waals surface area (Å²) in [6, 6.07) is 3.36. The molecular formula is C15H22N2O4. The lowest BCUT2D eigenvalue weighted by Gasteiger charge is -2.22. The van der Waals surface area contributed by atoms with E-state index in [-0.39, 0.29) is 12.5 Å². The van der Waals surface area contributed by atoms with Gasteiger partial charge in [-0.05, 0) is 32.4 Å². The first kappa shape index (κ1) is 16.9. The van der Waals surface area contributed by atoms with E-state index in [0.717, 1.165) is 6.42 Å². The average molecular weight is 294 g/mol. The van der Waals surface area contributed by atoms with E-state index in [1.165, 1.54) is 6.20 Å². The normalized spacial score (nSPS) is 10.0. The van der Waals surface area contributed by atoms with Crippen LogP contribution in [-0.2, 0) is 14.3 Å². The van der Waals surface area contributed by atoms with Crippen molar-refractivity contribution in [3.8, 4) is 0 Å². The topological polar surface area (TPSA) is 68.7 Å². The van der Waals surface area contributed by atoms with Gasteiger partial charge in [0.05, 0.1) is 18.8 Å². The molecule has 6 nitrogen and oxygen atoms in total. The van der Waals surface area contributed by atoms with Gasteiger partial charge in [-0.1, -0.05) is 6.92 Å². The van der Waals surface area contributed by atoms with Crippen LogP contribution in [-0.4, -0.2) is 43.2 Å². The largest absolute Gasteiger partial charge is 0.465 e. The molecule has 0 aromatic carbocycles. The van der Waals surface area contributed by atoms with E-state index in [1.54, 1.807) is 26.0 Å². The summed E-state index contributed by atoms with van der Waals surface area (Å²) >= 11 is 0. The first-order valence-corrected chi connectivity index (χ1v) is 7.16. The molecule has 0 amide bonds. The fourth-order valence-corrected chi connectivity index (χ4v) is 1.82. The Labute approximate surface area is 125 Å². The van der Waals surface area contributed by atoms with Crippen LogP contribution in [0.4, 0.5) is 5.82 Å². The second-order valence-corrected chi connectivity index (χ2v) is 4.35. The van der Waals surface area contributed by atoms with E-state index in [2.05, 4.69) is 4.98 Å². The lowest BCUT2D eigenvalue weighted by atomic mass is 10.2. The summed E-state index contributed by atoms with van der Waals surface area (Å²) in [5.74, 6) is -0.0517. The maximum Gasteiger partial charge on any atom is 0.339 e. The monoisotopic (exact) mass is 294 g/mol. The maximum absolute atomic E-state index is 11.6. The van der Waals surface area contributed by atoms with Crippen molar-refractivity contribution in [2.75, 3.05) is 31.2 Å². The van der Waals surface area contributed by atoms with Gasteiger partial charge in [0.25, 0.3) is 0 Å². The highest BCUT2D eigenvalue weighted by atomic mass is 16.5. The van der Waals surface area contributed by atoms with Crippen molar-refractivity contribution in [2.24, 2.45) is 0 Å². The van der Waals surface area contributed by atoms with E-state index in [9.17, 15) is 9.59 Å². The minimum atomic E-state index is -0.399. The average Bonchev–Trinajstić information content (AvgIpc) is 2.47. The lowest BCUT2D eigenvalue weighted by molar-refractivity contribution is -0.141. The number of carbonyl (C=O) groups is 2. The van der Waals surface area contributed by atoms with Crippen molar-refractivity contribution >= 4 is 17.8 Å². The number of esters is 2. The molecule has 1 aromatic rings. The van der Waals surface area contributed by atoms with Gasteiger partial charge < -0.3 is 14.4 Å². The Hall–Kier alpha value is -2.11. The first-order chi connectivity index (χ1) is 10.1. The van der Waals surface area contributed by atoms with Crippen LogP contribution in [0.25, 0.3) is 0 Å². The Bertz CT molecular complexity index is 459. The molecular weight excluding hydrogens is 272 g/mol. The summed E-state index contributed by atoms with van der Waals surface area (Å²) in [6.45, 7) is 7.05. The summed E-state index contributed by atoms with van der Waals surface area (Å²) in [4.78, 5) is 29.2. The second-order valence-electron chi connectivity index (χ2n) is 4.35. The predicted octanol–water partition coefficient (Wildman–Crippen LogP) is 2.04. The molecule has 1 aromatic heterocycles. The predicted molar refractivity (Wildman–Crippen MR) is 79.3 cm³/mol. The lowest BCUT2D eigenvalue weighted by Crippen LogP contribution is -2.32. The Morgan fingerprint density at radius 2 is 1.86 bits per heavy atom. The standard InChI is InChI=1S/C15H22N2O4/c1-4-9-17(11-14(18)20-5-2)13-8-7-12(10-16-13)15(19)21-6-3/h7-8,10H,4-6,9,11H2,1-3H3. The maximum atomic E-state index is 11.6. The van der Waals surface area contributed by atoms with Gasteiger partial charge in [-0.3, -0.25) is 4.79 Å². The molecule has 0 bridgehead atoms. The van der Waals surface area contributed by atoms with Gasteiger partial charge in [-0.25, -0.2) is 9.78 Å². The molecule has 116 valence electrons. The van der Waals surface area contributed by atoms with E-state index in [0.29, 0.717) is 31.1 Å². The molecule has 1 heterocycles. The van der Waals surface area contributed by atoms with Crippen LogP contribution >= 0.6 is 0 Å². The molecule has 0 spiro atoms. The van der Waals surface area contributed by atoms with Crippen LogP contribution in [0.3, 0.4) is 0 Å². The van der Waals surface area contributed by atoms with Gasteiger partial charge in [0, 0.05) is 12.7 Å². The number of nitrogens with zero attached hydrogens (tertiary/aromatic N) is 2.